The number of carbonyl (C=O) groups is 1. The monoisotopic (exact) mass is 277 g/mol. The van der Waals surface area contributed by atoms with Gasteiger partial charge in [-0.15, -0.1) is 11.3 Å². The van der Waals surface area contributed by atoms with E-state index in [1.807, 2.05) is 6.07 Å². The van der Waals surface area contributed by atoms with Crippen LogP contribution >= 0.6 is 11.3 Å². The van der Waals surface area contributed by atoms with Crippen molar-refractivity contribution in [1.82, 2.24) is 4.98 Å². The standard InChI is InChI=1S/C12H11N3O3S/c1-18-9-4-10-8(15-11(5-13)19-10)3-6(9)2-7(14)12(16)17/h3-4,7H,2,14H2,1H3,(H,16,17)/t7-/m0/s1. The Bertz CT molecular complexity index is 675. The number of benzene rings is 1. The van der Waals surface area contributed by atoms with Crippen LogP contribution in [0.25, 0.3) is 10.2 Å². The number of fused-ring (bicyclic) bond motifs is 1. The van der Waals surface area contributed by atoms with E-state index >= 15 is 0 Å². The second-order valence-corrected chi connectivity index (χ2v) is 4.94. The minimum atomic E-state index is -1.07. The Morgan fingerprint density at radius 1 is 1.68 bits per heavy atom. The first-order valence-corrected chi connectivity index (χ1v) is 6.22. The molecule has 0 aliphatic heterocycles. The molecule has 98 valence electrons. The predicted octanol–water partition coefficient (Wildman–Crippen LogP) is 1.13. The lowest BCUT2D eigenvalue weighted by Crippen LogP contribution is -2.32. The third-order valence-electron chi connectivity index (χ3n) is 2.64. The van der Waals surface area contributed by atoms with E-state index < -0.39 is 12.0 Å². The molecule has 0 aliphatic rings. The number of nitriles is 1. The van der Waals surface area contributed by atoms with Gasteiger partial charge in [0.1, 0.15) is 17.9 Å². The summed E-state index contributed by atoms with van der Waals surface area (Å²) in [5.74, 6) is -0.518. The zero-order valence-corrected chi connectivity index (χ0v) is 10.9. The van der Waals surface area contributed by atoms with Crippen molar-refractivity contribution in [2.24, 2.45) is 5.73 Å². The Morgan fingerprint density at radius 3 is 3.00 bits per heavy atom. The van der Waals surface area contributed by atoms with Gasteiger partial charge < -0.3 is 15.6 Å². The fourth-order valence-corrected chi connectivity index (χ4v) is 2.49. The quantitative estimate of drug-likeness (QED) is 0.867. The highest BCUT2D eigenvalue weighted by atomic mass is 32.1. The normalized spacial score (nSPS) is 12.1. The molecule has 1 heterocycles. The van der Waals surface area contributed by atoms with Gasteiger partial charge in [-0.2, -0.15) is 5.26 Å². The summed E-state index contributed by atoms with van der Waals surface area (Å²) in [6.07, 6.45) is 0.147. The van der Waals surface area contributed by atoms with Gasteiger partial charge in [-0.25, -0.2) is 4.98 Å². The molecule has 1 aromatic carbocycles. The second-order valence-electron chi connectivity index (χ2n) is 3.91. The number of thiazole rings is 1. The number of carboxylic acid groups (broad SMARTS) is 1. The van der Waals surface area contributed by atoms with Crippen molar-refractivity contribution in [3.8, 4) is 11.8 Å². The van der Waals surface area contributed by atoms with Crippen molar-refractivity contribution < 1.29 is 14.6 Å². The van der Waals surface area contributed by atoms with E-state index in [4.69, 9.17) is 20.8 Å². The van der Waals surface area contributed by atoms with Crippen LogP contribution in [-0.4, -0.2) is 29.2 Å². The molecule has 0 unspecified atom stereocenters. The van der Waals surface area contributed by atoms with E-state index in [0.717, 1.165) is 4.70 Å². The van der Waals surface area contributed by atoms with Crippen LogP contribution in [0.15, 0.2) is 12.1 Å². The molecule has 2 rings (SSSR count). The van der Waals surface area contributed by atoms with Crippen molar-refractivity contribution in [2.45, 2.75) is 12.5 Å². The number of aliphatic carboxylic acids is 1. The summed E-state index contributed by atoms with van der Waals surface area (Å²) in [5.41, 5.74) is 6.84. The van der Waals surface area contributed by atoms with Crippen LogP contribution in [-0.2, 0) is 11.2 Å². The van der Waals surface area contributed by atoms with Crippen LogP contribution in [0, 0.1) is 11.3 Å². The number of carboxylic acids is 1. The van der Waals surface area contributed by atoms with Crippen LogP contribution in [0.3, 0.4) is 0 Å². The Morgan fingerprint density at radius 2 is 2.42 bits per heavy atom. The highest BCUT2D eigenvalue weighted by Gasteiger charge is 2.17. The summed E-state index contributed by atoms with van der Waals surface area (Å²) in [7, 11) is 1.50. The number of rotatable bonds is 4. The number of nitrogens with zero attached hydrogens (tertiary/aromatic N) is 2. The van der Waals surface area contributed by atoms with E-state index in [9.17, 15) is 4.79 Å². The minimum Gasteiger partial charge on any atom is -0.496 e. The molecular weight excluding hydrogens is 266 g/mol. The van der Waals surface area contributed by atoms with Gasteiger partial charge in [0.15, 0.2) is 5.01 Å². The molecule has 1 aromatic heterocycles. The number of hydrogen-bond acceptors (Lipinski definition) is 6. The summed E-state index contributed by atoms with van der Waals surface area (Å²) >= 11 is 1.26. The molecule has 0 bridgehead atoms. The lowest BCUT2D eigenvalue weighted by molar-refractivity contribution is -0.138. The smallest absolute Gasteiger partial charge is 0.320 e. The molecule has 0 saturated carbocycles. The van der Waals surface area contributed by atoms with Gasteiger partial charge in [0, 0.05) is 6.42 Å². The van der Waals surface area contributed by atoms with Crippen molar-refractivity contribution in [3.63, 3.8) is 0 Å². The summed E-state index contributed by atoms with van der Waals surface area (Å²) in [5, 5.41) is 18.0. The maximum Gasteiger partial charge on any atom is 0.320 e. The van der Waals surface area contributed by atoms with Gasteiger partial charge in [0.25, 0.3) is 0 Å². The first-order valence-electron chi connectivity index (χ1n) is 5.41. The topological polar surface area (TPSA) is 109 Å². The van der Waals surface area contributed by atoms with E-state index in [-0.39, 0.29) is 6.42 Å². The molecule has 6 nitrogen and oxygen atoms in total. The van der Waals surface area contributed by atoms with Gasteiger partial charge in [-0.1, -0.05) is 0 Å². The minimum absolute atomic E-state index is 0.147. The predicted molar refractivity (Wildman–Crippen MR) is 70.2 cm³/mol. The summed E-state index contributed by atoms with van der Waals surface area (Å²) in [4.78, 5) is 14.9. The Hall–Kier alpha value is -2.17. The lowest BCUT2D eigenvalue weighted by atomic mass is 10.1. The van der Waals surface area contributed by atoms with Crippen LogP contribution < -0.4 is 10.5 Å². The number of methoxy groups -OCH3 is 1. The molecule has 19 heavy (non-hydrogen) atoms. The van der Waals surface area contributed by atoms with Gasteiger partial charge in [0.2, 0.25) is 0 Å². The lowest BCUT2D eigenvalue weighted by Gasteiger charge is -2.11. The zero-order valence-electron chi connectivity index (χ0n) is 10.1. The fourth-order valence-electron chi connectivity index (χ4n) is 1.72. The van der Waals surface area contributed by atoms with E-state index in [2.05, 4.69) is 4.98 Å². The highest BCUT2D eigenvalue weighted by molar-refractivity contribution is 7.19. The molecule has 0 radical (unpaired) electrons. The molecule has 0 spiro atoms. The van der Waals surface area contributed by atoms with Gasteiger partial charge in [-0.05, 0) is 17.7 Å². The molecule has 0 saturated heterocycles. The van der Waals surface area contributed by atoms with Crippen LogP contribution in [0.5, 0.6) is 5.75 Å². The molecule has 7 heteroatoms. The molecule has 1 atom stereocenters. The van der Waals surface area contributed by atoms with Crippen molar-refractivity contribution in [3.05, 3.63) is 22.7 Å². The molecule has 0 amide bonds. The average molecular weight is 277 g/mol. The second kappa shape index (κ2) is 5.22. The fraction of sp³-hybridized carbons (Fsp3) is 0.250. The largest absolute Gasteiger partial charge is 0.496 e. The Kier molecular flexibility index (Phi) is 3.64. The Labute approximate surface area is 113 Å². The molecular formula is C12H11N3O3S. The SMILES string of the molecule is COc1cc2sc(C#N)nc2cc1C[C@H](N)C(=O)O. The molecule has 0 fully saturated rings. The van der Waals surface area contributed by atoms with E-state index in [1.54, 1.807) is 12.1 Å². The number of ether oxygens (including phenoxy) is 1. The maximum atomic E-state index is 10.8. The van der Waals surface area contributed by atoms with Crippen molar-refractivity contribution >= 4 is 27.5 Å². The Balaban J connectivity index is 2.47. The van der Waals surface area contributed by atoms with E-state index in [1.165, 1.54) is 18.4 Å². The summed E-state index contributed by atoms with van der Waals surface area (Å²) in [6.45, 7) is 0. The summed E-state index contributed by atoms with van der Waals surface area (Å²) in [6, 6.07) is 4.44. The zero-order chi connectivity index (χ0) is 14.0. The summed E-state index contributed by atoms with van der Waals surface area (Å²) < 4.78 is 6.04. The average Bonchev–Trinajstić information content (AvgIpc) is 2.79. The molecule has 2 aromatic rings. The maximum absolute atomic E-state index is 10.8. The number of hydrogen-bond donors (Lipinski definition) is 2. The number of aromatic nitrogens is 1. The van der Waals surface area contributed by atoms with Gasteiger partial charge in [-0.3, -0.25) is 4.79 Å². The first-order chi connectivity index (χ1) is 9.05. The third-order valence-corrected chi connectivity index (χ3v) is 3.57. The van der Waals surface area contributed by atoms with Crippen molar-refractivity contribution in [2.75, 3.05) is 7.11 Å². The van der Waals surface area contributed by atoms with Gasteiger partial charge >= 0.3 is 5.97 Å². The number of nitrogens with two attached hydrogens (primary N) is 1. The molecule has 3 N–H and O–H groups in total. The molecule has 0 aliphatic carbocycles. The van der Waals surface area contributed by atoms with Crippen LogP contribution in [0.1, 0.15) is 10.6 Å². The highest BCUT2D eigenvalue weighted by Crippen LogP contribution is 2.30. The third kappa shape index (κ3) is 2.65. The van der Waals surface area contributed by atoms with Crippen molar-refractivity contribution in [1.29, 1.82) is 5.26 Å². The van der Waals surface area contributed by atoms with Crippen LogP contribution in [0.4, 0.5) is 0 Å². The van der Waals surface area contributed by atoms with E-state index in [0.29, 0.717) is 21.8 Å². The van der Waals surface area contributed by atoms with Gasteiger partial charge in [0.05, 0.1) is 17.3 Å². The van der Waals surface area contributed by atoms with Crippen LogP contribution in [0.2, 0.25) is 0 Å². The first kappa shape index (κ1) is 13.3.